The minimum Gasteiger partial charge on any atom is -0.321 e. The monoisotopic (exact) mass is 337 g/mol. The maximum absolute atomic E-state index is 12.5. The molecule has 24 heavy (non-hydrogen) atoms. The molecule has 5 heteroatoms. The first-order chi connectivity index (χ1) is 11.8. The molecule has 1 heterocycles. The van der Waals surface area contributed by atoms with Crippen LogP contribution in [-0.4, -0.2) is 15.5 Å². The van der Waals surface area contributed by atoms with Crippen LogP contribution in [0.2, 0.25) is 0 Å². The highest BCUT2D eigenvalue weighted by Crippen LogP contribution is 2.24. The zero-order chi connectivity index (χ0) is 16.8. The zero-order valence-electron chi connectivity index (χ0n) is 13.5. The predicted octanol–water partition coefficient (Wildman–Crippen LogP) is 4.80. The molecule has 1 N–H and O–H groups in total. The van der Waals surface area contributed by atoms with Gasteiger partial charge in [0.2, 0.25) is 0 Å². The number of carbonyl (C=O) groups excluding carboxylic acids is 1. The lowest BCUT2D eigenvalue weighted by molar-refractivity contribution is 0.103. The van der Waals surface area contributed by atoms with Gasteiger partial charge in [-0.2, -0.15) is 0 Å². The Balaban J connectivity index is 1.73. The normalized spacial score (nSPS) is 10.5. The average molecular weight is 337 g/mol. The van der Waals surface area contributed by atoms with E-state index in [0.717, 1.165) is 29.2 Å². The molecule has 0 unspecified atom stereocenters. The predicted molar refractivity (Wildman–Crippen MR) is 98.4 cm³/mol. The smallest absolute Gasteiger partial charge is 0.269 e. The number of unbranched alkanes of at least 4 members (excludes halogenated alkanes) is 1. The lowest BCUT2D eigenvalue weighted by Crippen LogP contribution is -2.11. The van der Waals surface area contributed by atoms with Gasteiger partial charge in [-0.15, -0.1) is 5.10 Å². The molecule has 4 nitrogen and oxygen atoms in total. The molecule has 0 aliphatic heterocycles. The summed E-state index contributed by atoms with van der Waals surface area (Å²) in [5.74, 6) is -0.176. The standard InChI is InChI=1S/C19H19N3OS/c1-2-3-7-14-10-12-16(13-11-14)20-19(23)18-17(21-22-24-18)15-8-5-4-6-9-15/h4-6,8-13H,2-3,7H2,1H3,(H,20,23). The molecule has 0 saturated carbocycles. The Morgan fingerprint density at radius 2 is 1.83 bits per heavy atom. The maximum atomic E-state index is 12.5. The Morgan fingerprint density at radius 1 is 1.08 bits per heavy atom. The highest BCUT2D eigenvalue weighted by atomic mass is 32.1. The Kier molecular flexibility index (Phi) is 5.33. The molecule has 0 spiro atoms. The van der Waals surface area contributed by atoms with Gasteiger partial charge in [-0.1, -0.05) is 60.3 Å². The number of aromatic nitrogens is 2. The van der Waals surface area contributed by atoms with Crippen LogP contribution in [-0.2, 0) is 6.42 Å². The van der Waals surface area contributed by atoms with Gasteiger partial charge in [0.25, 0.3) is 5.91 Å². The van der Waals surface area contributed by atoms with Gasteiger partial charge in [-0.25, -0.2) is 0 Å². The lowest BCUT2D eigenvalue weighted by Gasteiger charge is -2.06. The second-order valence-electron chi connectivity index (χ2n) is 5.57. The maximum Gasteiger partial charge on any atom is 0.269 e. The van der Waals surface area contributed by atoms with E-state index in [0.29, 0.717) is 10.6 Å². The van der Waals surface area contributed by atoms with Crippen molar-refractivity contribution in [1.82, 2.24) is 9.59 Å². The Morgan fingerprint density at radius 3 is 2.54 bits per heavy atom. The lowest BCUT2D eigenvalue weighted by atomic mass is 10.1. The van der Waals surface area contributed by atoms with Gasteiger partial charge in [0, 0.05) is 11.3 Å². The molecule has 0 atom stereocenters. The fourth-order valence-electron chi connectivity index (χ4n) is 2.45. The van der Waals surface area contributed by atoms with Crippen LogP contribution in [0.5, 0.6) is 0 Å². The van der Waals surface area contributed by atoms with E-state index in [-0.39, 0.29) is 5.91 Å². The fraction of sp³-hybridized carbons (Fsp3) is 0.211. The van der Waals surface area contributed by atoms with Crippen molar-refractivity contribution in [2.45, 2.75) is 26.2 Å². The van der Waals surface area contributed by atoms with Crippen LogP contribution in [0.1, 0.15) is 35.0 Å². The summed E-state index contributed by atoms with van der Waals surface area (Å²) in [5.41, 5.74) is 3.59. The van der Waals surface area contributed by atoms with Crippen LogP contribution in [0.3, 0.4) is 0 Å². The van der Waals surface area contributed by atoms with Crippen molar-refractivity contribution < 1.29 is 4.79 Å². The van der Waals surface area contributed by atoms with Crippen molar-refractivity contribution in [3.05, 3.63) is 65.0 Å². The Hall–Kier alpha value is -2.53. The van der Waals surface area contributed by atoms with Gasteiger partial charge >= 0.3 is 0 Å². The SMILES string of the molecule is CCCCc1ccc(NC(=O)c2snnc2-c2ccccc2)cc1. The van der Waals surface area contributed by atoms with Crippen molar-refractivity contribution in [3.8, 4) is 11.3 Å². The van der Waals surface area contributed by atoms with Crippen molar-refractivity contribution in [2.24, 2.45) is 0 Å². The number of aryl methyl sites for hydroxylation is 1. The molecule has 122 valence electrons. The Labute approximate surface area is 145 Å². The third-order valence-electron chi connectivity index (χ3n) is 3.77. The van der Waals surface area contributed by atoms with Gasteiger partial charge in [0.05, 0.1) is 0 Å². The summed E-state index contributed by atoms with van der Waals surface area (Å²) < 4.78 is 3.94. The van der Waals surface area contributed by atoms with Crippen molar-refractivity contribution in [3.63, 3.8) is 0 Å². The van der Waals surface area contributed by atoms with Gasteiger partial charge < -0.3 is 5.32 Å². The molecule has 1 amide bonds. The summed E-state index contributed by atoms with van der Waals surface area (Å²) in [7, 11) is 0. The van der Waals surface area contributed by atoms with E-state index in [1.54, 1.807) is 0 Å². The van der Waals surface area contributed by atoms with E-state index >= 15 is 0 Å². The number of nitrogens with zero attached hydrogens (tertiary/aromatic N) is 2. The minimum absolute atomic E-state index is 0.176. The number of nitrogens with one attached hydrogen (secondary N) is 1. The first-order valence-electron chi connectivity index (χ1n) is 8.06. The molecule has 0 saturated heterocycles. The summed E-state index contributed by atoms with van der Waals surface area (Å²) in [4.78, 5) is 13.1. The number of hydrogen-bond donors (Lipinski definition) is 1. The third-order valence-corrected chi connectivity index (χ3v) is 4.50. The van der Waals surface area contributed by atoms with Crippen LogP contribution in [0.25, 0.3) is 11.3 Å². The molecule has 3 rings (SSSR count). The third kappa shape index (κ3) is 3.86. The van der Waals surface area contributed by atoms with Crippen LogP contribution < -0.4 is 5.32 Å². The van der Waals surface area contributed by atoms with Crippen LogP contribution in [0.4, 0.5) is 5.69 Å². The summed E-state index contributed by atoms with van der Waals surface area (Å²) >= 11 is 1.11. The molecular weight excluding hydrogens is 318 g/mol. The number of rotatable bonds is 6. The van der Waals surface area contributed by atoms with Gasteiger partial charge in [0.1, 0.15) is 10.6 Å². The van der Waals surface area contributed by atoms with E-state index in [4.69, 9.17) is 0 Å². The van der Waals surface area contributed by atoms with E-state index in [9.17, 15) is 4.79 Å². The van der Waals surface area contributed by atoms with E-state index in [2.05, 4.69) is 34.0 Å². The molecule has 0 bridgehead atoms. The molecular formula is C19H19N3OS. The summed E-state index contributed by atoms with van der Waals surface area (Å²) in [5, 5.41) is 7.03. The average Bonchev–Trinajstić information content (AvgIpc) is 3.12. The number of anilines is 1. The largest absolute Gasteiger partial charge is 0.321 e. The van der Waals surface area contributed by atoms with E-state index < -0.39 is 0 Å². The van der Waals surface area contributed by atoms with E-state index in [1.807, 2.05) is 42.5 Å². The van der Waals surface area contributed by atoms with E-state index in [1.165, 1.54) is 18.4 Å². The quantitative estimate of drug-likeness (QED) is 0.703. The molecule has 2 aromatic carbocycles. The topological polar surface area (TPSA) is 54.9 Å². The van der Waals surface area contributed by atoms with Crippen LogP contribution in [0, 0.1) is 0 Å². The molecule has 1 aromatic heterocycles. The number of benzene rings is 2. The zero-order valence-corrected chi connectivity index (χ0v) is 14.3. The van der Waals surface area contributed by atoms with Gasteiger partial charge in [0.15, 0.2) is 0 Å². The molecule has 0 aliphatic carbocycles. The van der Waals surface area contributed by atoms with Crippen LogP contribution in [0.15, 0.2) is 54.6 Å². The number of hydrogen-bond acceptors (Lipinski definition) is 4. The van der Waals surface area contributed by atoms with Crippen molar-refractivity contribution in [1.29, 1.82) is 0 Å². The van der Waals surface area contributed by atoms with Crippen molar-refractivity contribution in [2.75, 3.05) is 5.32 Å². The summed E-state index contributed by atoms with van der Waals surface area (Å²) in [6.45, 7) is 2.18. The number of carbonyl (C=O) groups is 1. The Bertz CT molecular complexity index is 797. The first-order valence-corrected chi connectivity index (χ1v) is 8.83. The molecule has 0 aliphatic rings. The second-order valence-corrected chi connectivity index (χ2v) is 6.33. The molecule has 3 aromatic rings. The summed E-state index contributed by atoms with van der Waals surface area (Å²) in [6.07, 6.45) is 3.43. The first kappa shape index (κ1) is 16.3. The summed E-state index contributed by atoms with van der Waals surface area (Å²) in [6, 6.07) is 17.6. The van der Waals surface area contributed by atoms with Crippen LogP contribution >= 0.6 is 11.5 Å². The van der Waals surface area contributed by atoms with Gasteiger partial charge in [-0.3, -0.25) is 4.79 Å². The molecule has 0 radical (unpaired) electrons. The fourth-order valence-corrected chi connectivity index (χ4v) is 3.03. The highest BCUT2D eigenvalue weighted by Gasteiger charge is 2.17. The van der Waals surface area contributed by atoms with Crippen molar-refractivity contribution >= 4 is 23.1 Å². The second kappa shape index (κ2) is 7.84. The number of amides is 1. The molecule has 0 fully saturated rings. The van der Waals surface area contributed by atoms with Gasteiger partial charge in [-0.05, 0) is 42.1 Å². The highest BCUT2D eigenvalue weighted by molar-refractivity contribution is 7.08. The minimum atomic E-state index is -0.176.